The molecule has 0 spiro atoms. The molecule has 1 aromatic rings. The normalized spacial score (nSPS) is 21.5. The second-order valence-electron chi connectivity index (χ2n) is 4.16. The summed E-state index contributed by atoms with van der Waals surface area (Å²) in [5, 5.41) is 13.3. The number of hydrogen-bond acceptors (Lipinski definition) is 2. The SMILES string of the molecule is Oc1c(Br)cccc1CC1CCCNC1. The Labute approximate surface area is 98.8 Å². The highest BCUT2D eigenvalue weighted by molar-refractivity contribution is 9.10. The van der Waals surface area contributed by atoms with Crippen LogP contribution in [0.2, 0.25) is 0 Å². The molecule has 82 valence electrons. The minimum Gasteiger partial charge on any atom is -0.506 e. The molecule has 1 aromatic carbocycles. The van der Waals surface area contributed by atoms with E-state index in [1.165, 1.54) is 12.8 Å². The Morgan fingerprint density at radius 1 is 1.47 bits per heavy atom. The summed E-state index contributed by atoms with van der Waals surface area (Å²) in [6.45, 7) is 2.22. The Kier molecular flexibility index (Phi) is 3.65. The molecule has 2 rings (SSSR count). The Balaban J connectivity index is 2.06. The average molecular weight is 270 g/mol. The third kappa shape index (κ3) is 2.73. The van der Waals surface area contributed by atoms with Crippen molar-refractivity contribution < 1.29 is 5.11 Å². The van der Waals surface area contributed by atoms with E-state index < -0.39 is 0 Å². The van der Waals surface area contributed by atoms with Crippen molar-refractivity contribution in [3.05, 3.63) is 28.2 Å². The van der Waals surface area contributed by atoms with E-state index in [1.54, 1.807) is 0 Å². The topological polar surface area (TPSA) is 32.3 Å². The maximum atomic E-state index is 9.86. The number of piperidine rings is 1. The molecule has 1 unspecified atom stereocenters. The number of halogens is 1. The molecule has 15 heavy (non-hydrogen) atoms. The minimum atomic E-state index is 0.406. The number of nitrogens with one attached hydrogen (secondary N) is 1. The van der Waals surface area contributed by atoms with Crippen molar-refractivity contribution in [2.24, 2.45) is 5.92 Å². The summed E-state index contributed by atoms with van der Waals surface area (Å²) >= 11 is 3.35. The molecule has 3 heteroatoms. The van der Waals surface area contributed by atoms with E-state index >= 15 is 0 Å². The first-order valence-corrected chi connectivity index (χ1v) is 6.24. The van der Waals surface area contributed by atoms with Crippen molar-refractivity contribution in [2.75, 3.05) is 13.1 Å². The van der Waals surface area contributed by atoms with Gasteiger partial charge in [-0.1, -0.05) is 12.1 Å². The van der Waals surface area contributed by atoms with Crippen LogP contribution in [0.5, 0.6) is 5.75 Å². The van der Waals surface area contributed by atoms with E-state index in [4.69, 9.17) is 0 Å². The van der Waals surface area contributed by atoms with Crippen LogP contribution < -0.4 is 5.32 Å². The first kappa shape index (κ1) is 11.0. The quantitative estimate of drug-likeness (QED) is 0.866. The lowest BCUT2D eigenvalue weighted by Crippen LogP contribution is -2.30. The zero-order valence-electron chi connectivity index (χ0n) is 8.67. The van der Waals surface area contributed by atoms with E-state index in [9.17, 15) is 5.11 Å². The Bertz CT molecular complexity index is 334. The zero-order valence-corrected chi connectivity index (χ0v) is 10.3. The average Bonchev–Trinajstić information content (AvgIpc) is 2.26. The van der Waals surface area contributed by atoms with Crippen LogP contribution in [-0.4, -0.2) is 18.2 Å². The second-order valence-corrected chi connectivity index (χ2v) is 5.02. The van der Waals surface area contributed by atoms with Gasteiger partial charge in [0, 0.05) is 0 Å². The summed E-state index contributed by atoms with van der Waals surface area (Å²) in [6, 6.07) is 5.86. The zero-order chi connectivity index (χ0) is 10.7. The van der Waals surface area contributed by atoms with Crippen LogP contribution in [0.3, 0.4) is 0 Å². The molecular formula is C12H16BrNO. The number of aromatic hydroxyl groups is 1. The van der Waals surface area contributed by atoms with Gasteiger partial charge >= 0.3 is 0 Å². The summed E-state index contributed by atoms with van der Waals surface area (Å²) in [4.78, 5) is 0. The van der Waals surface area contributed by atoms with Gasteiger partial charge in [0.2, 0.25) is 0 Å². The van der Waals surface area contributed by atoms with Crippen molar-refractivity contribution in [3.8, 4) is 5.75 Å². The Morgan fingerprint density at radius 2 is 2.33 bits per heavy atom. The predicted octanol–water partition coefficient (Wildman–Crippen LogP) is 2.70. The number of phenols is 1. The van der Waals surface area contributed by atoms with Gasteiger partial charge < -0.3 is 10.4 Å². The third-order valence-corrected chi connectivity index (χ3v) is 3.62. The van der Waals surface area contributed by atoms with Crippen LogP contribution in [0.15, 0.2) is 22.7 Å². The first-order valence-electron chi connectivity index (χ1n) is 5.44. The van der Waals surface area contributed by atoms with Crippen LogP contribution in [-0.2, 0) is 6.42 Å². The predicted molar refractivity (Wildman–Crippen MR) is 65.1 cm³/mol. The molecule has 0 radical (unpaired) electrons. The fraction of sp³-hybridized carbons (Fsp3) is 0.500. The van der Waals surface area contributed by atoms with Crippen molar-refractivity contribution in [1.29, 1.82) is 0 Å². The maximum absolute atomic E-state index is 9.86. The van der Waals surface area contributed by atoms with Gasteiger partial charge in [-0.05, 0) is 65.8 Å². The van der Waals surface area contributed by atoms with Crippen molar-refractivity contribution in [1.82, 2.24) is 5.32 Å². The van der Waals surface area contributed by atoms with Gasteiger partial charge in [0.05, 0.1) is 4.47 Å². The Morgan fingerprint density at radius 3 is 3.07 bits per heavy atom. The fourth-order valence-electron chi connectivity index (χ4n) is 2.13. The Hall–Kier alpha value is -0.540. The molecule has 2 N–H and O–H groups in total. The fourth-order valence-corrected chi connectivity index (χ4v) is 2.54. The molecule has 0 bridgehead atoms. The summed E-state index contributed by atoms with van der Waals surface area (Å²) < 4.78 is 0.795. The van der Waals surface area contributed by atoms with Crippen LogP contribution in [0.4, 0.5) is 0 Å². The third-order valence-electron chi connectivity index (χ3n) is 2.98. The highest BCUT2D eigenvalue weighted by Crippen LogP contribution is 2.30. The maximum Gasteiger partial charge on any atom is 0.132 e. The second kappa shape index (κ2) is 4.99. The van der Waals surface area contributed by atoms with E-state index in [0.29, 0.717) is 11.7 Å². The molecule has 2 nitrogen and oxygen atoms in total. The summed E-state index contributed by atoms with van der Waals surface area (Å²) in [6.07, 6.45) is 3.48. The molecule has 1 atom stereocenters. The van der Waals surface area contributed by atoms with Crippen molar-refractivity contribution in [2.45, 2.75) is 19.3 Å². The summed E-state index contributed by atoms with van der Waals surface area (Å²) in [5.74, 6) is 1.07. The van der Waals surface area contributed by atoms with E-state index in [1.807, 2.05) is 18.2 Å². The van der Waals surface area contributed by atoms with E-state index in [2.05, 4.69) is 21.2 Å². The molecule has 1 fully saturated rings. The van der Waals surface area contributed by atoms with E-state index in [-0.39, 0.29) is 0 Å². The molecule has 0 saturated carbocycles. The van der Waals surface area contributed by atoms with Gasteiger partial charge in [-0.3, -0.25) is 0 Å². The molecule has 1 aliphatic heterocycles. The summed E-state index contributed by atoms with van der Waals surface area (Å²) in [7, 11) is 0. The van der Waals surface area contributed by atoms with Crippen LogP contribution in [0.1, 0.15) is 18.4 Å². The highest BCUT2D eigenvalue weighted by atomic mass is 79.9. The van der Waals surface area contributed by atoms with Crippen molar-refractivity contribution in [3.63, 3.8) is 0 Å². The van der Waals surface area contributed by atoms with Crippen molar-refractivity contribution >= 4 is 15.9 Å². The first-order chi connectivity index (χ1) is 7.27. The number of rotatable bonds is 2. The highest BCUT2D eigenvalue weighted by Gasteiger charge is 2.15. The molecule has 1 aliphatic rings. The van der Waals surface area contributed by atoms with Gasteiger partial charge in [0.15, 0.2) is 0 Å². The van der Waals surface area contributed by atoms with Gasteiger partial charge in [-0.25, -0.2) is 0 Å². The molecule has 1 saturated heterocycles. The van der Waals surface area contributed by atoms with Gasteiger partial charge in [-0.15, -0.1) is 0 Å². The number of para-hydroxylation sites is 1. The van der Waals surface area contributed by atoms with Crippen LogP contribution in [0, 0.1) is 5.92 Å². The van der Waals surface area contributed by atoms with Crippen LogP contribution >= 0.6 is 15.9 Å². The molecule has 0 aromatic heterocycles. The molecule has 1 heterocycles. The van der Waals surface area contributed by atoms with Crippen LogP contribution in [0.25, 0.3) is 0 Å². The number of benzene rings is 1. The largest absolute Gasteiger partial charge is 0.506 e. The molecule has 0 amide bonds. The number of phenolic OH excluding ortho intramolecular Hbond substituents is 1. The molecular weight excluding hydrogens is 254 g/mol. The lowest BCUT2D eigenvalue weighted by Gasteiger charge is -2.23. The van der Waals surface area contributed by atoms with Gasteiger partial charge in [0.1, 0.15) is 5.75 Å². The van der Waals surface area contributed by atoms with Gasteiger partial charge in [0.25, 0.3) is 0 Å². The standard InChI is InChI=1S/C12H16BrNO/c13-11-5-1-4-10(12(11)15)7-9-3-2-6-14-8-9/h1,4-5,9,14-15H,2-3,6-8H2. The van der Waals surface area contributed by atoms with Gasteiger partial charge in [-0.2, -0.15) is 0 Å². The molecule has 0 aliphatic carbocycles. The lowest BCUT2D eigenvalue weighted by atomic mass is 9.92. The summed E-state index contributed by atoms with van der Waals surface area (Å²) in [5.41, 5.74) is 1.05. The monoisotopic (exact) mass is 269 g/mol. The smallest absolute Gasteiger partial charge is 0.132 e. The minimum absolute atomic E-state index is 0.406. The lowest BCUT2D eigenvalue weighted by molar-refractivity contribution is 0.369. The number of hydrogen-bond donors (Lipinski definition) is 2. The van der Waals surface area contributed by atoms with E-state index in [0.717, 1.165) is 29.5 Å².